The van der Waals surface area contributed by atoms with E-state index in [2.05, 4.69) is 11.1 Å². The van der Waals surface area contributed by atoms with Crippen LogP contribution < -0.4 is 0 Å². The Morgan fingerprint density at radius 1 is 1.64 bits per heavy atom. The van der Waals surface area contributed by atoms with Gasteiger partial charge in [-0.3, -0.25) is 0 Å². The third kappa shape index (κ3) is 1.58. The van der Waals surface area contributed by atoms with Gasteiger partial charge in [0, 0.05) is 11.1 Å². The lowest BCUT2D eigenvalue weighted by atomic mass is 9.97. The minimum atomic E-state index is -0.432. The molecule has 0 bridgehead atoms. The van der Waals surface area contributed by atoms with Gasteiger partial charge in [-0.15, -0.1) is 11.3 Å². The molecule has 0 saturated heterocycles. The molecule has 1 aromatic rings. The summed E-state index contributed by atoms with van der Waals surface area (Å²) in [6.07, 6.45) is 0. The average Bonchev–Trinajstić information content (AvgIpc) is 2.36. The highest BCUT2D eigenvalue weighted by atomic mass is 32.1. The summed E-state index contributed by atoms with van der Waals surface area (Å²) in [7, 11) is 0. The van der Waals surface area contributed by atoms with E-state index in [4.69, 9.17) is 5.26 Å². The minimum absolute atomic E-state index is 0.432. The van der Waals surface area contributed by atoms with E-state index in [1.807, 2.05) is 26.2 Å². The number of hydrogen-bond acceptors (Lipinski definition) is 3. The quantitative estimate of drug-likeness (QED) is 0.641. The highest BCUT2D eigenvalue weighted by molar-refractivity contribution is 7.09. The van der Waals surface area contributed by atoms with Crippen LogP contribution in [-0.2, 0) is 5.41 Å². The van der Waals surface area contributed by atoms with Crippen LogP contribution in [0.4, 0.5) is 0 Å². The average molecular weight is 166 g/mol. The number of rotatable bonds is 1. The zero-order valence-electron chi connectivity index (χ0n) is 6.88. The number of aryl methyl sites for hydroxylation is 1. The van der Waals surface area contributed by atoms with Crippen LogP contribution in [0, 0.1) is 18.3 Å². The van der Waals surface area contributed by atoms with Gasteiger partial charge in [0.1, 0.15) is 10.4 Å². The van der Waals surface area contributed by atoms with Crippen LogP contribution in [0.25, 0.3) is 0 Å². The highest BCUT2D eigenvalue weighted by Gasteiger charge is 2.22. The third-order valence-electron chi connectivity index (χ3n) is 1.43. The normalized spacial score (nSPS) is 11.1. The van der Waals surface area contributed by atoms with E-state index in [0.29, 0.717) is 0 Å². The number of nitrogens with zero attached hydrogens (tertiary/aromatic N) is 2. The lowest BCUT2D eigenvalue weighted by molar-refractivity contribution is 0.677. The second-order valence-corrected chi connectivity index (χ2v) is 3.89. The van der Waals surface area contributed by atoms with Gasteiger partial charge in [0.05, 0.1) is 6.07 Å². The third-order valence-corrected chi connectivity index (χ3v) is 2.72. The van der Waals surface area contributed by atoms with Gasteiger partial charge in [-0.25, -0.2) is 4.98 Å². The van der Waals surface area contributed by atoms with Gasteiger partial charge in [-0.2, -0.15) is 5.26 Å². The summed E-state index contributed by atoms with van der Waals surface area (Å²) in [6, 6.07) is 2.22. The maximum Gasteiger partial charge on any atom is 0.113 e. The SMILES string of the molecule is Cc1csc(C(C)(C)C#N)n1. The van der Waals surface area contributed by atoms with E-state index in [1.54, 1.807) is 11.3 Å². The topological polar surface area (TPSA) is 36.7 Å². The van der Waals surface area contributed by atoms with E-state index in [-0.39, 0.29) is 0 Å². The Morgan fingerprint density at radius 2 is 2.27 bits per heavy atom. The second kappa shape index (κ2) is 2.63. The molecule has 0 aromatic carbocycles. The monoisotopic (exact) mass is 166 g/mol. The standard InChI is InChI=1S/C8H10N2S/c1-6-4-11-7(10-6)8(2,3)5-9/h4H,1-3H3. The van der Waals surface area contributed by atoms with Gasteiger partial charge in [-0.05, 0) is 20.8 Å². The van der Waals surface area contributed by atoms with Crippen LogP contribution in [0.5, 0.6) is 0 Å². The summed E-state index contributed by atoms with van der Waals surface area (Å²) in [4.78, 5) is 4.25. The molecule has 0 spiro atoms. The fourth-order valence-corrected chi connectivity index (χ4v) is 1.56. The first-order valence-electron chi connectivity index (χ1n) is 3.40. The van der Waals surface area contributed by atoms with Crippen molar-refractivity contribution in [3.05, 3.63) is 16.1 Å². The van der Waals surface area contributed by atoms with Crippen molar-refractivity contribution in [2.75, 3.05) is 0 Å². The number of nitriles is 1. The Hall–Kier alpha value is -0.880. The molecule has 3 heteroatoms. The predicted molar refractivity (Wildman–Crippen MR) is 45.5 cm³/mol. The molecule has 0 atom stereocenters. The fourth-order valence-electron chi connectivity index (χ4n) is 0.689. The molecule has 0 aliphatic carbocycles. The summed E-state index contributed by atoms with van der Waals surface area (Å²) in [5.74, 6) is 0. The van der Waals surface area contributed by atoms with Crippen molar-refractivity contribution in [1.82, 2.24) is 4.98 Å². The van der Waals surface area contributed by atoms with Gasteiger partial charge in [0.2, 0.25) is 0 Å². The summed E-state index contributed by atoms with van der Waals surface area (Å²) >= 11 is 1.55. The van der Waals surface area contributed by atoms with Crippen LogP contribution in [-0.4, -0.2) is 4.98 Å². The Bertz CT molecular complexity index is 293. The molecule has 58 valence electrons. The zero-order chi connectivity index (χ0) is 8.48. The molecule has 0 fully saturated rings. The summed E-state index contributed by atoms with van der Waals surface area (Å²) in [5, 5.41) is 11.6. The second-order valence-electron chi connectivity index (χ2n) is 3.03. The van der Waals surface area contributed by atoms with Crippen LogP contribution >= 0.6 is 11.3 Å². The Balaban J connectivity index is 3.04. The van der Waals surface area contributed by atoms with Gasteiger partial charge in [0.25, 0.3) is 0 Å². The predicted octanol–water partition coefficient (Wildman–Crippen LogP) is 2.25. The highest BCUT2D eigenvalue weighted by Crippen LogP contribution is 2.24. The van der Waals surface area contributed by atoms with Gasteiger partial charge >= 0.3 is 0 Å². The Morgan fingerprint density at radius 3 is 2.64 bits per heavy atom. The molecule has 0 N–H and O–H groups in total. The fraction of sp³-hybridized carbons (Fsp3) is 0.500. The molecule has 0 radical (unpaired) electrons. The number of hydrogen-bond donors (Lipinski definition) is 0. The lowest BCUT2D eigenvalue weighted by Gasteiger charge is -2.09. The van der Waals surface area contributed by atoms with Gasteiger partial charge in [-0.1, -0.05) is 0 Å². The van der Waals surface area contributed by atoms with Crippen molar-refractivity contribution in [2.24, 2.45) is 0 Å². The van der Waals surface area contributed by atoms with Crippen LogP contribution in [0.1, 0.15) is 24.5 Å². The van der Waals surface area contributed by atoms with E-state index >= 15 is 0 Å². The van der Waals surface area contributed by atoms with Crippen LogP contribution in [0.3, 0.4) is 0 Å². The van der Waals surface area contributed by atoms with E-state index in [9.17, 15) is 0 Å². The largest absolute Gasteiger partial charge is 0.245 e. The van der Waals surface area contributed by atoms with Crippen molar-refractivity contribution in [3.8, 4) is 6.07 Å². The van der Waals surface area contributed by atoms with Gasteiger partial charge < -0.3 is 0 Å². The number of thiazole rings is 1. The summed E-state index contributed by atoms with van der Waals surface area (Å²) in [6.45, 7) is 5.70. The van der Waals surface area contributed by atoms with Crippen molar-refractivity contribution < 1.29 is 0 Å². The molecule has 1 rings (SSSR count). The maximum absolute atomic E-state index is 8.77. The van der Waals surface area contributed by atoms with Crippen molar-refractivity contribution in [3.63, 3.8) is 0 Å². The van der Waals surface area contributed by atoms with Gasteiger partial charge in [0.15, 0.2) is 0 Å². The lowest BCUT2D eigenvalue weighted by Crippen LogP contribution is -2.13. The van der Waals surface area contributed by atoms with Crippen molar-refractivity contribution in [1.29, 1.82) is 5.26 Å². The Labute approximate surface area is 70.5 Å². The summed E-state index contributed by atoms with van der Waals surface area (Å²) in [5.41, 5.74) is 0.562. The number of aromatic nitrogens is 1. The minimum Gasteiger partial charge on any atom is -0.245 e. The molecule has 1 heterocycles. The maximum atomic E-state index is 8.77. The first-order valence-corrected chi connectivity index (χ1v) is 4.28. The molecule has 2 nitrogen and oxygen atoms in total. The molecular formula is C8H10N2S. The van der Waals surface area contributed by atoms with E-state index < -0.39 is 5.41 Å². The molecule has 0 unspecified atom stereocenters. The molecule has 0 aliphatic rings. The zero-order valence-corrected chi connectivity index (χ0v) is 7.70. The molecule has 0 aliphatic heterocycles. The Kier molecular flexibility index (Phi) is 1.97. The first kappa shape index (κ1) is 8.22. The van der Waals surface area contributed by atoms with Crippen LogP contribution in [0.15, 0.2) is 5.38 Å². The molecule has 1 aromatic heterocycles. The summed E-state index contributed by atoms with van der Waals surface area (Å²) < 4.78 is 0. The van der Waals surface area contributed by atoms with E-state index in [0.717, 1.165) is 10.7 Å². The molecule has 11 heavy (non-hydrogen) atoms. The molecular weight excluding hydrogens is 156 g/mol. The molecule has 0 amide bonds. The molecule has 0 saturated carbocycles. The smallest absolute Gasteiger partial charge is 0.113 e. The van der Waals surface area contributed by atoms with Crippen molar-refractivity contribution >= 4 is 11.3 Å². The van der Waals surface area contributed by atoms with E-state index in [1.165, 1.54) is 0 Å². The van der Waals surface area contributed by atoms with Crippen molar-refractivity contribution in [2.45, 2.75) is 26.2 Å². The van der Waals surface area contributed by atoms with Crippen LogP contribution in [0.2, 0.25) is 0 Å². The first-order chi connectivity index (χ1) is 5.06.